The summed E-state index contributed by atoms with van der Waals surface area (Å²) in [6, 6.07) is 22.7. The summed E-state index contributed by atoms with van der Waals surface area (Å²) in [5.41, 5.74) is 10.8. The first-order valence-electron chi connectivity index (χ1n) is 15.1. The van der Waals surface area contributed by atoms with Gasteiger partial charge in [0.05, 0.1) is 22.5 Å². The van der Waals surface area contributed by atoms with Crippen LogP contribution in [-0.2, 0) is 19.4 Å². The summed E-state index contributed by atoms with van der Waals surface area (Å²) in [6.45, 7) is 1.46. The number of aromatic carboxylic acids is 1. The number of amides is 1. The minimum absolute atomic E-state index is 0.0409. The standard InChI is InChI=1S/C34H28N8O4S2/c35-17-23-28(40-41-30(23)36)20-10-12-21(13-11-20)46-16-4-9-27-29(32(44)45)38-34(48-27)42-15-14-19-5-3-6-22(24(19)18-42)31(43)39-33-37-25-7-1-2-8-26(25)47-33/h1-3,5-8,10-13H,4,9,14-16,18H2,(H,44,45)(H3,36,40,41)(H,37,39,43). The van der Waals surface area contributed by atoms with Crippen molar-refractivity contribution in [3.8, 4) is 23.1 Å². The number of carbonyl (C=O) groups excluding carboxylic acids is 1. The molecule has 3 aromatic heterocycles. The molecule has 4 heterocycles. The lowest BCUT2D eigenvalue weighted by atomic mass is 9.94. The van der Waals surface area contributed by atoms with E-state index in [2.05, 4.69) is 31.6 Å². The zero-order chi connectivity index (χ0) is 33.2. The van der Waals surface area contributed by atoms with E-state index in [1.807, 2.05) is 59.5 Å². The van der Waals surface area contributed by atoms with Gasteiger partial charge in [-0.2, -0.15) is 10.4 Å². The number of carbonyl (C=O) groups is 2. The summed E-state index contributed by atoms with van der Waals surface area (Å²) in [6.07, 6.45) is 1.77. The third-order valence-corrected chi connectivity index (χ3v) is 10.2. The Balaban J connectivity index is 1.00. The molecule has 240 valence electrons. The number of aromatic nitrogens is 4. The number of nitrogen functional groups attached to an aromatic ring is 1. The maximum atomic E-state index is 13.4. The molecular weight excluding hydrogens is 649 g/mol. The molecule has 0 saturated heterocycles. The predicted molar refractivity (Wildman–Crippen MR) is 185 cm³/mol. The zero-order valence-corrected chi connectivity index (χ0v) is 27.0. The zero-order valence-electron chi connectivity index (χ0n) is 25.4. The highest BCUT2D eigenvalue weighted by atomic mass is 32.1. The second-order valence-corrected chi connectivity index (χ2v) is 13.2. The van der Waals surface area contributed by atoms with Crippen molar-refractivity contribution in [2.45, 2.75) is 25.8 Å². The largest absolute Gasteiger partial charge is 0.494 e. The van der Waals surface area contributed by atoms with Crippen LogP contribution in [0.1, 0.15) is 48.8 Å². The molecule has 1 aliphatic rings. The minimum Gasteiger partial charge on any atom is -0.494 e. The van der Waals surface area contributed by atoms with E-state index in [-0.39, 0.29) is 17.4 Å². The molecule has 0 aliphatic carbocycles. The number of nitrogens with one attached hydrogen (secondary N) is 2. The van der Waals surface area contributed by atoms with Crippen LogP contribution in [0.4, 0.5) is 16.1 Å². The number of benzene rings is 3. The van der Waals surface area contributed by atoms with Crippen molar-refractivity contribution in [2.75, 3.05) is 29.1 Å². The Morgan fingerprint density at radius 1 is 1.08 bits per heavy atom. The van der Waals surface area contributed by atoms with Gasteiger partial charge in [-0.3, -0.25) is 15.2 Å². The van der Waals surface area contributed by atoms with E-state index in [4.69, 9.17) is 10.5 Å². The molecular formula is C34H28N8O4S2. The van der Waals surface area contributed by atoms with Crippen molar-refractivity contribution >= 4 is 60.8 Å². The molecule has 48 heavy (non-hydrogen) atoms. The SMILES string of the molecule is N#Cc1c(N)n[nH]c1-c1ccc(OCCCc2sc(N3CCc4cccc(C(=O)Nc5nc6ccccc6s5)c4C3)nc2C(=O)O)cc1. The maximum absolute atomic E-state index is 13.4. The van der Waals surface area contributed by atoms with Crippen molar-refractivity contribution in [1.29, 1.82) is 5.26 Å². The fourth-order valence-corrected chi connectivity index (χ4v) is 7.66. The first kappa shape index (κ1) is 30.9. The molecule has 3 aromatic carbocycles. The van der Waals surface area contributed by atoms with Crippen LogP contribution < -0.4 is 20.7 Å². The molecule has 7 rings (SSSR count). The molecule has 5 N–H and O–H groups in total. The normalized spacial score (nSPS) is 12.4. The number of ether oxygens (including phenoxy) is 1. The van der Waals surface area contributed by atoms with Crippen LogP contribution in [0.25, 0.3) is 21.5 Å². The van der Waals surface area contributed by atoms with E-state index >= 15 is 0 Å². The van der Waals surface area contributed by atoms with Gasteiger partial charge in [0.25, 0.3) is 5.91 Å². The molecule has 1 amide bonds. The second-order valence-electron chi connectivity index (χ2n) is 11.1. The molecule has 1 aliphatic heterocycles. The average molecular weight is 677 g/mol. The van der Waals surface area contributed by atoms with Crippen molar-refractivity contribution < 1.29 is 19.4 Å². The number of rotatable bonds is 10. The number of carboxylic acids is 1. The smallest absolute Gasteiger partial charge is 0.355 e. The van der Waals surface area contributed by atoms with Crippen molar-refractivity contribution in [2.24, 2.45) is 0 Å². The molecule has 0 fully saturated rings. The highest BCUT2D eigenvalue weighted by molar-refractivity contribution is 7.22. The summed E-state index contributed by atoms with van der Waals surface area (Å²) in [4.78, 5) is 37.3. The number of nitrogens with two attached hydrogens (primary N) is 1. The van der Waals surface area contributed by atoms with Crippen LogP contribution in [-0.4, -0.2) is 50.3 Å². The van der Waals surface area contributed by atoms with Crippen molar-refractivity contribution in [3.05, 3.63) is 99.6 Å². The lowest BCUT2D eigenvalue weighted by Crippen LogP contribution is -2.32. The van der Waals surface area contributed by atoms with Crippen LogP contribution >= 0.6 is 22.7 Å². The van der Waals surface area contributed by atoms with Crippen LogP contribution in [0.15, 0.2) is 66.7 Å². The number of carboxylic acid groups (broad SMARTS) is 1. The lowest BCUT2D eigenvalue weighted by Gasteiger charge is -2.29. The van der Waals surface area contributed by atoms with E-state index in [1.165, 1.54) is 22.7 Å². The molecule has 0 unspecified atom stereocenters. The number of nitriles is 1. The second kappa shape index (κ2) is 13.1. The highest BCUT2D eigenvalue weighted by Crippen LogP contribution is 2.34. The fraction of sp³-hybridized carbons (Fsp3) is 0.176. The quantitative estimate of drug-likeness (QED) is 0.123. The van der Waals surface area contributed by atoms with E-state index < -0.39 is 5.97 Å². The highest BCUT2D eigenvalue weighted by Gasteiger charge is 2.27. The van der Waals surface area contributed by atoms with Crippen molar-refractivity contribution in [1.82, 2.24) is 20.2 Å². The Kier molecular flexibility index (Phi) is 8.45. The van der Waals surface area contributed by atoms with Crippen LogP contribution in [0, 0.1) is 11.3 Å². The summed E-state index contributed by atoms with van der Waals surface area (Å²) in [5.74, 6) is -0.512. The molecule has 12 nitrogen and oxygen atoms in total. The van der Waals surface area contributed by atoms with Crippen LogP contribution in [0.5, 0.6) is 5.75 Å². The number of aryl methyl sites for hydroxylation is 1. The molecule has 0 spiro atoms. The van der Waals surface area contributed by atoms with E-state index in [9.17, 15) is 20.0 Å². The van der Waals surface area contributed by atoms with Crippen LogP contribution in [0.3, 0.4) is 0 Å². The van der Waals surface area contributed by atoms with Gasteiger partial charge in [0.15, 0.2) is 21.8 Å². The summed E-state index contributed by atoms with van der Waals surface area (Å²) in [5, 5.41) is 30.1. The van der Waals surface area contributed by atoms with Gasteiger partial charge < -0.3 is 20.5 Å². The number of anilines is 3. The van der Waals surface area contributed by atoms with Crippen LogP contribution in [0.2, 0.25) is 0 Å². The van der Waals surface area contributed by atoms with Gasteiger partial charge in [-0.25, -0.2) is 14.8 Å². The molecule has 14 heteroatoms. The number of aromatic amines is 1. The van der Waals surface area contributed by atoms with Gasteiger partial charge in [0.2, 0.25) is 0 Å². The topological polar surface area (TPSA) is 183 Å². The van der Waals surface area contributed by atoms with Gasteiger partial charge in [0.1, 0.15) is 17.4 Å². The third kappa shape index (κ3) is 6.16. The third-order valence-electron chi connectivity index (χ3n) is 8.06. The number of H-pyrrole nitrogens is 1. The molecule has 0 radical (unpaired) electrons. The number of thiazole rings is 2. The molecule has 0 atom stereocenters. The van der Waals surface area contributed by atoms with Gasteiger partial charge in [-0.05, 0) is 72.9 Å². The summed E-state index contributed by atoms with van der Waals surface area (Å²) < 4.78 is 6.90. The molecule has 6 aromatic rings. The van der Waals surface area contributed by atoms with Gasteiger partial charge in [-0.1, -0.05) is 35.6 Å². The molecule has 0 bridgehead atoms. The Hall–Kier alpha value is -5.78. The Morgan fingerprint density at radius 2 is 1.92 bits per heavy atom. The van der Waals surface area contributed by atoms with Gasteiger partial charge in [-0.15, -0.1) is 11.3 Å². The first-order valence-corrected chi connectivity index (χ1v) is 16.7. The Bertz CT molecular complexity index is 2170. The number of para-hydroxylation sites is 1. The number of fused-ring (bicyclic) bond motifs is 2. The van der Waals surface area contributed by atoms with E-state index in [1.54, 1.807) is 12.1 Å². The number of nitrogens with zero attached hydrogens (tertiary/aromatic N) is 5. The van der Waals surface area contributed by atoms with Crippen molar-refractivity contribution in [3.63, 3.8) is 0 Å². The number of hydrogen-bond donors (Lipinski definition) is 4. The maximum Gasteiger partial charge on any atom is 0.355 e. The van der Waals surface area contributed by atoms with E-state index in [0.717, 1.165) is 26.9 Å². The lowest BCUT2D eigenvalue weighted by molar-refractivity contribution is 0.0690. The monoisotopic (exact) mass is 676 g/mol. The summed E-state index contributed by atoms with van der Waals surface area (Å²) in [7, 11) is 0. The summed E-state index contributed by atoms with van der Waals surface area (Å²) >= 11 is 2.79. The van der Waals surface area contributed by atoms with Gasteiger partial charge >= 0.3 is 5.97 Å². The average Bonchev–Trinajstić information content (AvgIpc) is 3.82. The predicted octanol–water partition coefficient (Wildman–Crippen LogP) is 6.12. The minimum atomic E-state index is -1.08. The molecule has 0 saturated carbocycles. The Labute approximate surface area is 282 Å². The number of hydrogen-bond acceptors (Lipinski definition) is 11. The first-order chi connectivity index (χ1) is 23.4. The Morgan fingerprint density at radius 3 is 2.71 bits per heavy atom. The van der Waals surface area contributed by atoms with Gasteiger partial charge in [0, 0.05) is 29.1 Å². The fourth-order valence-electron chi connectivity index (χ4n) is 5.68. The van der Waals surface area contributed by atoms with E-state index in [0.29, 0.717) is 76.7 Å².